The monoisotopic (exact) mass is 610 g/mol. The Labute approximate surface area is 236 Å². The van der Waals surface area contributed by atoms with E-state index < -0.39 is 17.7 Å². The van der Waals surface area contributed by atoms with Gasteiger partial charge in [0.2, 0.25) is 0 Å². The number of carbonyl (C=O) groups excluding carboxylic acids is 2. The van der Waals surface area contributed by atoms with E-state index in [0.29, 0.717) is 34.7 Å². The van der Waals surface area contributed by atoms with Gasteiger partial charge in [0.15, 0.2) is 16.6 Å². The van der Waals surface area contributed by atoms with Crippen LogP contribution in [0.3, 0.4) is 0 Å². The highest BCUT2D eigenvalue weighted by Gasteiger charge is 2.48. The molecule has 0 bridgehead atoms. The third kappa shape index (κ3) is 4.68. The first kappa shape index (κ1) is 26.5. The average Bonchev–Trinajstić information content (AvgIpc) is 3.47. The second kappa shape index (κ2) is 10.6. The van der Waals surface area contributed by atoms with E-state index in [1.165, 1.54) is 36.5 Å². The first-order chi connectivity index (χ1) is 18.8. The molecule has 4 aromatic rings. The molecule has 5 rings (SSSR count). The lowest BCUT2D eigenvalue weighted by atomic mass is 9.95. The molecule has 3 aromatic carbocycles. The quantitative estimate of drug-likeness (QED) is 0.153. The Morgan fingerprint density at radius 1 is 1.08 bits per heavy atom. The van der Waals surface area contributed by atoms with Crippen molar-refractivity contribution in [2.75, 3.05) is 25.7 Å². The summed E-state index contributed by atoms with van der Waals surface area (Å²) in [4.78, 5) is 33.0. The van der Waals surface area contributed by atoms with Gasteiger partial charge in [-0.3, -0.25) is 14.5 Å². The Balaban J connectivity index is 1.74. The number of anilines is 1. The van der Waals surface area contributed by atoms with Gasteiger partial charge in [0, 0.05) is 5.56 Å². The Morgan fingerprint density at radius 2 is 1.87 bits per heavy atom. The molecule has 1 atom stereocenters. The number of phenols is 1. The summed E-state index contributed by atoms with van der Waals surface area (Å²) in [5.41, 5.74) is 1.20. The fraction of sp³-hybridized carbons (Fsp3) is 0.179. The number of halogens is 1. The van der Waals surface area contributed by atoms with E-state index in [4.69, 9.17) is 14.2 Å². The van der Waals surface area contributed by atoms with E-state index in [1.54, 1.807) is 42.5 Å². The lowest BCUT2D eigenvalue weighted by Gasteiger charge is -2.24. The molecule has 39 heavy (non-hydrogen) atoms. The standard InChI is InChI=1S/C28H23BrN2O7S/c1-4-38-17-8-9-19-21(13-17)39-28(30-19)31-23(15-11-18(29)25(33)20(12-15)37-3)22(26(34)27(31)35)24(32)14-6-5-7-16(10-14)36-2/h5-13,23,32-33H,4H2,1-3H3. The van der Waals surface area contributed by atoms with Crippen LogP contribution in [-0.2, 0) is 9.59 Å². The molecule has 200 valence electrons. The highest BCUT2D eigenvalue weighted by atomic mass is 79.9. The number of nitrogens with zero attached hydrogens (tertiary/aromatic N) is 2. The maximum Gasteiger partial charge on any atom is 0.301 e. The summed E-state index contributed by atoms with van der Waals surface area (Å²) in [6.07, 6.45) is 0. The topological polar surface area (TPSA) is 118 Å². The predicted molar refractivity (Wildman–Crippen MR) is 151 cm³/mol. The lowest BCUT2D eigenvalue weighted by Crippen LogP contribution is -2.29. The van der Waals surface area contributed by atoms with Gasteiger partial charge in [-0.2, -0.15) is 0 Å². The van der Waals surface area contributed by atoms with Crippen molar-refractivity contribution < 1.29 is 34.0 Å². The number of aromatic hydroxyl groups is 1. The number of aliphatic hydroxyl groups excluding tert-OH is 1. The first-order valence-electron chi connectivity index (χ1n) is 11.8. The summed E-state index contributed by atoms with van der Waals surface area (Å²) in [5, 5.41) is 22.1. The van der Waals surface area contributed by atoms with Crippen LogP contribution in [0.4, 0.5) is 5.13 Å². The van der Waals surface area contributed by atoms with Crippen LogP contribution in [0.1, 0.15) is 24.1 Å². The van der Waals surface area contributed by atoms with Crippen molar-refractivity contribution in [1.29, 1.82) is 0 Å². The molecule has 1 saturated heterocycles. The smallest absolute Gasteiger partial charge is 0.301 e. The number of benzene rings is 3. The van der Waals surface area contributed by atoms with Gasteiger partial charge in [-0.15, -0.1) is 0 Å². The summed E-state index contributed by atoms with van der Waals surface area (Å²) in [6.45, 7) is 2.38. The third-order valence-electron chi connectivity index (χ3n) is 6.24. The first-order valence-corrected chi connectivity index (χ1v) is 13.4. The summed E-state index contributed by atoms with van der Waals surface area (Å²) in [5.74, 6) is -0.997. The number of ether oxygens (including phenoxy) is 3. The Kier molecular flexibility index (Phi) is 7.19. The van der Waals surface area contributed by atoms with E-state index in [1.807, 2.05) is 13.0 Å². The van der Waals surface area contributed by atoms with Crippen LogP contribution in [0.25, 0.3) is 16.0 Å². The van der Waals surface area contributed by atoms with Gasteiger partial charge in [-0.05, 0) is 70.9 Å². The molecule has 1 unspecified atom stereocenters. The SMILES string of the molecule is CCOc1ccc2nc(N3C(=O)C(=O)C(=C(O)c4cccc(OC)c4)C3c3cc(Br)c(O)c(OC)c3)sc2c1. The number of hydrogen-bond donors (Lipinski definition) is 2. The molecule has 1 fully saturated rings. The fourth-order valence-corrected chi connectivity index (χ4v) is 5.91. The molecule has 11 heteroatoms. The Hall–Kier alpha value is -4.09. The van der Waals surface area contributed by atoms with Crippen molar-refractivity contribution in [2.45, 2.75) is 13.0 Å². The number of fused-ring (bicyclic) bond motifs is 1. The van der Waals surface area contributed by atoms with Gasteiger partial charge < -0.3 is 24.4 Å². The Morgan fingerprint density at radius 3 is 2.59 bits per heavy atom. The molecule has 0 spiro atoms. The van der Waals surface area contributed by atoms with E-state index in [-0.39, 0.29) is 32.4 Å². The zero-order valence-corrected chi connectivity index (χ0v) is 23.5. The molecule has 0 radical (unpaired) electrons. The molecule has 0 aliphatic carbocycles. The molecule has 1 amide bonds. The van der Waals surface area contributed by atoms with Gasteiger partial charge in [0.25, 0.3) is 5.78 Å². The second-order valence-electron chi connectivity index (χ2n) is 8.51. The highest BCUT2D eigenvalue weighted by molar-refractivity contribution is 9.10. The van der Waals surface area contributed by atoms with Crippen LogP contribution in [-0.4, -0.2) is 47.7 Å². The molecule has 2 N–H and O–H groups in total. The molecule has 1 aromatic heterocycles. The van der Waals surface area contributed by atoms with Gasteiger partial charge in [0.1, 0.15) is 17.3 Å². The average molecular weight is 611 g/mol. The van der Waals surface area contributed by atoms with Crippen molar-refractivity contribution in [3.8, 4) is 23.0 Å². The van der Waals surface area contributed by atoms with Crippen LogP contribution < -0.4 is 19.1 Å². The van der Waals surface area contributed by atoms with Gasteiger partial charge in [-0.1, -0.05) is 23.5 Å². The zero-order valence-electron chi connectivity index (χ0n) is 21.1. The number of hydrogen-bond acceptors (Lipinski definition) is 9. The summed E-state index contributed by atoms with van der Waals surface area (Å²) in [7, 11) is 2.88. The predicted octanol–water partition coefficient (Wildman–Crippen LogP) is 5.81. The molecule has 0 saturated carbocycles. The number of carbonyl (C=O) groups is 2. The molecular formula is C28H23BrN2O7S. The number of thiazole rings is 1. The lowest BCUT2D eigenvalue weighted by molar-refractivity contribution is -0.132. The number of ketones is 1. The van der Waals surface area contributed by atoms with Gasteiger partial charge in [0.05, 0.1) is 47.1 Å². The number of aromatic nitrogens is 1. The van der Waals surface area contributed by atoms with Crippen molar-refractivity contribution in [2.24, 2.45) is 0 Å². The van der Waals surface area contributed by atoms with Crippen LogP contribution in [0.15, 0.2) is 64.6 Å². The van der Waals surface area contributed by atoms with E-state index in [0.717, 1.165) is 4.70 Å². The molecule has 1 aliphatic heterocycles. The maximum absolute atomic E-state index is 13.6. The maximum atomic E-state index is 13.6. The zero-order chi connectivity index (χ0) is 27.8. The minimum absolute atomic E-state index is 0.122. The number of methoxy groups -OCH3 is 2. The summed E-state index contributed by atoms with van der Waals surface area (Å²) < 4.78 is 17.2. The Bertz CT molecular complexity index is 1650. The van der Waals surface area contributed by atoms with E-state index >= 15 is 0 Å². The summed E-state index contributed by atoms with van der Waals surface area (Å²) >= 11 is 4.54. The molecule has 1 aliphatic rings. The minimum Gasteiger partial charge on any atom is -0.507 e. The molecule has 2 heterocycles. The van der Waals surface area contributed by atoms with Crippen LogP contribution >= 0.6 is 27.3 Å². The van der Waals surface area contributed by atoms with E-state index in [2.05, 4.69) is 20.9 Å². The number of Topliss-reactive ketones (excluding diaryl/α,β-unsaturated/α-hetero) is 1. The third-order valence-corrected chi connectivity index (χ3v) is 7.86. The van der Waals surface area contributed by atoms with Crippen LogP contribution in [0.5, 0.6) is 23.0 Å². The highest BCUT2D eigenvalue weighted by Crippen LogP contribution is 2.47. The number of phenolic OH excluding ortho intramolecular Hbond substituents is 1. The largest absolute Gasteiger partial charge is 0.507 e. The number of rotatable bonds is 7. The second-order valence-corrected chi connectivity index (χ2v) is 10.4. The van der Waals surface area contributed by atoms with Crippen molar-refractivity contribution in [3.63, 3.8) is 0 Å². The molecule has 9 nitrogen and oxygen atoms in total. The van der Waals surface area contributed by atoms with Gasteiger partial charge in [-0.25, -0.2) is 4.98 Å². The number of amides is 1. The van der Waals surface area contributed by atoms with Gasteiger partial charge >= 0.3 is 5.91 Å². The van der Waals surface area contributed by atoms with Crippen LogP contribution in [0, 0.1) is 0 Å². The minimum atomic E-state index is -1.08. The molecular weight excluding hydrogens is 588 g/mol. The van der Waals surface area contributed by atoms with Crippen molar-refractivity contribution in [3.05, 3.63) is 75.8 Å². The normalized spacial score (nSPS) is 16.6. The fourth-order valence-electron chi connectivity index (χ4n) is 4.43. The van der Waals surface area contributed by atoms with Crippen molar-refractivity contribution >= 4 is 60.1 Å². The van der Waals surface area contributed by atoms with Crippen LogP contribution in [0.2, 0.25) is 0 Å². The van der Waals surface area contributed by atoms with Crippen molar-refractivity contribution in [1.82, 2.24) is 4.98 Å². The van der Waals surface area contributed by atoms with E-state index in [9.17, 15) is 19.8 Å². The summed E-state index contributed by atoms with van der Waals surface area (Å²) in [6, 6.07) is 14.0. The number of aliphatic hydroxyl groups is 1.